The maximum atomic E-state index is 14.7. The third-order valence-electron chi connectivity index (χ3n) is 12.0. The molecule has 3 heterocycles. The van der Waals surface area contributed by atoms with Gasteiger partial charge in [-0.25, -0.2) is 18.4 Å². The molecule has 1 N–H and O–H groups in total. The van der Waals surface area contributed by atoms with Gasteiger partial charge < -0.3 is 19.1 Å². The third kappa shape index (κ3) is 7.99. The number of ketones is 1. The van der Waals surface area contributed by atoms with E-state index in [1.807, 2.05) is 32.9 Å². The van der Waals surface area contributed by atoms with Crippen LogP contribution in [0.25, 0.3) is 11.0 Å². The number of carbonyl (C=O) groups is 4. The van der Waals surface area contributed by atoms with Gasteiger partial charge in [0.2, 0.25) is 27.7 Å². The molecular formula is C40H52N4O9S. The molecule has 2 amide bonds. The Kier molecular flexibility index (Phi) is 10.3. The van der Waals surface area contributed by atoms with Crippen molar-refractivity contribution in [3.63, 3.8) is 0 Å². The Labute approximate surface area is 317 Å². The van der Waals surface area contributed by atoms with Crippen LogP contribution in [0.2, 0.25) is 0 Å². The van der Waals surface area contributed by atoms with Crippen LogP contribution < -0.4 is 14.2 Å². The number of hydrogen-bond donors (Lipinski definition) is 1. The number of esters is 1. The zero-order valence-electron chi connectivity index (χ0n) is 31.7. The smallest absolute Gasteiger partial charge is 0.306 e. The largest absolute Gasteiger partial charge is 0.497 e. The van der Waals surface area contributed by atoms with Crippen LogP contribution in [0.1, 0.15) is 97.1 Å². The fraction of sp³-hybridized carbons (Fsp3) is 0.650. The van der Waals surface area contributed by atoms with Crippen LogP contribution in [0.4, 0.5) is 0 Å². The molecule has 2 aliphatic heterocycles. The summed E-state index contributed by atoms with van der Waals surface area (Å²) >= 11 is 0. The maximum Gasteiger partial charge on any atom is 0.306 e. The quantitative estimate of drug-likeness (QED) is 0.288. The van der Waals surface area contributed by atoms with Crippen LogP contribution in [-0.2, 0) is 40.4 Å². The summed E-state index contributed by atoms with van der Waals surface area (Å²) in [4.78, 5) is 67.4. The number of carbonyl (C=O) groups excluding carboxylic acids is 4. The van der Waals surface area contributed by atoms with E-state index < -0.39 is 62.0 Å². The van der Waals surface area contributed by atoms with Gasteiger partial charge in [0.05, 0.1) is 53.7 Å². The first-order chi connectivity index (χ1) is 25.6. The highest BCUT2D eigenvalue weighted by Crippen LogP contribution is 2.57. The zero-order chi connectivity index (χ0) is 38.6. The van der Waals surface area contributed by atoms with Gasteiger partial charge in [-0.2, -0.15) is 0 Å². The summed E-state index contributed by atoms with van der Waals surface area (Å²) < 4.78 is 45.7. The van der Waals surface area contributed by atoms with Crippen molar-refractivity contribution in [1.82, 2.24) is 19.6 Å². The van der Waals surface area contributed by atoms with Crippen molar-refractivity contribution in [3.05, 3.63) is 36.5 Å². The third-order valence-corrected chi connectivity index (χ3v) is 13.8. The fourth-order valence-electron chi connectivity index (χ4n) is 8.23. The van der Waals surface area contributed by atoms with Gasteiger partial charge in [0, 0.05) is 18.9 Å². The number of rotatable bonds is 8. The molecule has 0 spiro atoms. The van der Waals surface area contributed by atoms with Crippen LogP contribution in [-0.4, -0.2) is 84.0 Å². The summed E-state index contributed by atoms with van der Waals surface area (Å²) in [5, 5.41) is -0.606. The topological polar surface area (TPSA) is 171 Å². The van der Waals surface area contributed by atoms with Crippen molar-refractivity contribution < 1.29 is 41.8 Å². The van der Waals surface area contributed by atoms with E-state index in [1.54, 1.807) is 19.3 Å². The van der Waals surface area contributed by atoms with Crippen molar-refractivity contribution in [1.29, 1.82) is 0 Å². The van der Waals surface area contributed by atoms with Gasteiger partial charge in [-0.3, -0.25) is 23.9 Å². The summed E-state index contributed by atoms with van der Waals surface area (Å²) in [6.07, 6.45) is 6.87. The van der Waals surface area contributed by atoms with E-state index in [4.69, 9.17) is 24.2 Å². The number of aromatic nitrogens is 2. The van der Waals surface area contributed by atoms with Crippen LogP contribution in [0.3, 0.4) is 0 Å². The molecule has 5 aliphatic rings. The van der Waals surface area contributed by atoms with Gasteiger partial charge >= 0.3 is 5.97 Å². The number of methoxy groups -OCH3 is 1. The van der Waals surface area contributed by atoms with Gasteiger partial charge in [-0.15, -0.1) is 6.58 Å². The van der Waals surface area contributed by atoms with Crippen molar-refractivity contribution in [2.75, 3.05) is 13.7 Å². The van der Waals surface area contributed by atoms with Crippen molar-refractivity contribution in [2.24, 2.45) is 28.6 Å². The first-order valence-electron chi connectivity index (χ1n) is 19.3. The number of hydrogen-bond acceptors (Lipinski definition) is 11. The van der Waals surface area contributed by atoms with Crippen molar-refractivity contribution in [2.45, 2.75) is 121 Å². The van der Waals surface area contributed by atoms with Gasteiger partial charge in [0.15, 0.2) is 5.78 Å². The Morgan fingerprint density at radius 2 is 1.85 bits per heavy atom. The molecule has 7 rings (SSSR count). The van der Waals surface area contributed by atoms with Crippen LogP contribution in [0, 0.1) is 28.6 Å². The SMILES string of the molecule is C=C[C@@H]1C[C@]1(CC(=O)[C@@H]1C[C@@H]2CN1C(=O)[C@H](C(C)(C)C)CC(=O)O[C@@H]1C[C@H]1CCCCCc1nc3ccc(OC)cc3nc1O2)C(=O)NS(=O)(=O)C1CC1. The molecule has 1 aromatic heterocycles. The summed E-state index contributed by atoms with van der Waals surface area (Å²) in [7, 11) is -2.27. The minimum absolute atomic E-state index is 0.0407. The van der Waals surface area contributed by atoms with E-state index in [0.717, 1.165) is 32.1 Å². The van der Waals surface area contributed by atoms with E-state index in [-0.39, 0.29) is 50.0 Å². The number of benzene rings is 1. The molecule has 292 valence electrons. The first kappa shape index (κ1) is 38.2. The lowest BCUT2D eigenvalue weighted by Gasteiger charge is -2.34. The van der Waals surface area contributed by atoms with Gasteiger partial charge in [0.25, 0.3) is 0 Å². The van der Waals surface area contributed by atoms with Gasteiger partial charge in [-0.05, 0) is 74.3 Å². The van der Waals surface area contributed by atoms with E-state index >= 15 is 0 Å². The van der Waals surface area contributed by atoms with Crippen molar-refractivity contribution in [3.8, 4) is 11.6 Å². The lowest BCUT2D eigenvalue weighted by atomic mass is 9.77. The molecule has 1 aromatic carbocycles. The highest BCUT2D eigenvalue weighted by Gasteiger charge is 2.61. The second kappa shape index (κ2) is 14.5. The molecule has 2 aromatic rings. The van der Waals surface area contributed by atoms with Gasteiger partial charge in [-0.1, -0.05) is 39.7 Å². The predicted molar refractivity (Wildman–Crippen MR) is 199 cm³/mol. The molecule has 54 heavy (non-hydrogen) atoms. The molecule has 14 heteroatoms. The number of nitrogens with one attached hydrogen (secondary N) is 1. The molecule has 7 atom stereocenters. The van der Waals surface area contributed by atoms with Crippen molar-refractivity contribution >= 4 is 44.6 Å². The van der Waals surface area contributed by atoms with E-state index in [2.05, 4.69) is 11.3 Å². The molecule has 13 nitrogen and oxygen atoms in total. The summed E-state index contributed by atoms with van der Waals surface area (Å²) in [6.45, 7) is 9.54. The number of aryl methyl sites for hydroxylation is 1. The molecule has 2 bridgehead atoms. The normalized spacial score (nSPS) is 30.5. The Morgan fingerprint density at radius 1 is 1.07 bits per heavy atom. The Balaban J connectivity index is 1.22. The highest BCUT2D eigenvalue weighted by atomic mass is 32.2. The summed E-state index contributed by atoms with van der Waals surface area (Å²) in [5.74, 6) is -1.86. The average Bonchev–Trinajstić information content (AvgIpc) is 4.04. The lowest BCUT2D eigenvalue weighted by molar-refractivity contribution is -0.154. The summed E-state index contributed by atoms with van der Waals surface area (Å²) in [6, 6.07) is 4.48. The highest BCUT2D eigenvalue weighted by molar-refractivity contribution is 7.90. The number of allylic oxidation sites excluding steroid dienone is 1. The Hall–Kier alpha value is -4.07. The van der Waals surface area contributed by atoms with Gasteiger partial charge in [0.1, 0.15) is 23.7 Å². The lowest BCUT2D eigenvalue weighted by Crippen LogP contribution is -2.48. The number of amides is 2. The minimum Gasteiger partial charge on any atom is -0.497 e. The van der Waals surface area contributed by atoms with Crippen LogP contribution in [0.15, 0.2) is 30.9 Å². The number of fused-ring (bicyclic) bond motifs is 5. The zero-order valence-corrected chi connectivity index (χ0v) is 32.5. The molecular weight excluding hydrogens is 713 g/mol. The van der Waals surface area contributed by atoms with Crippen LogP contribution >= 0.6 is 0 Å². The molecule has 3 aliphatic carbocycles. The molecule has 3 saturated carbocycles. The van der Waals surface area contributed by atoms with E-state index in [0.29, 0.717) is 53.5 Å². The second-order valence-electron chi connectivity index (χ2n) is 17.1. The average molecular weight is 765 g/mol. The molecule has 0 unspecified atom stereocenters. The standard InChI is InChI=1S/C40H52N4O9S/c1-6-24-20-40(24,38(48)43-54(49,50)27-13-14-27)21-33(45)32-18-26-22-44(32)37(47)28(39(2,3)4)19-35(46)53-34-16-23(34)10-8-7-9-11-30-36(52-26)42-31-17-25(51-5)12-15-29(31)41-30/h6,12,15,17,23-24,26-28,32,34H,1,7-11,13-14,16,18-22H2,2-5H3,(H,43,48)/t23-,24-,26-,28-,32+,34-,40-/m1/s1. The number of ether oxygens (including phenoxy) is 3. The second-order valence-corrected chi connectivity index (χ2v) is 19.0. The molecule has 0 radical (unpaired) electrons. The maximum absolute atomic E-state index is 14.7. The Morgan fingerprint density at radius 3 is 2.54 bits per heavy atom. The monoisotopic (exact) mass is 764 g/mol. The van der Waals surface area contributed by atoms with E-state index in [9.17, 15) is 27.6 Å². The minimum atomic E-state index is -3.85. The molecule has 4 fully saturated rings. The van der Waals surface area contributed by atoms with E-state index in [1.165, 1.54) is 4.90 Å². The molecule has 1 saturated heterocycles. The number of nitrogens with zero attached hydrogens (tertiary/aromatic N) is 3. The number of sulfonamides is 1. The first-order valence-corrected chi connectivity index (χ1v) is 20.9. The predicted octanol–water partition coefficient (Wildman–Crippen LogP) is 4.85. The number of Topliss-reactive ketones (excluding diaryl/α,β-unsaturated/α-hetero) is 1. The Bertz CT molecular complexity index is 1960. The summed E-state index contributed by atoms with van der Waals surface area (Å²) in [5.41, 5.74) is 0.0149. The fourth-order valence-corrected chi connectivity index (χ4v) is 9.61. The van der Waals surface area contributed by atoms with Crippen LogP contribution in [0.5, 0.6) is 11.6 Å².